The summed E-state index contributed by atoms with van der Waals surface area (Å²) in [4.78, 5) is 0. The molecule has 0 aliphatic carbocycles. The summed E-state index contributed by atoms with van der Waals surface area (Å²) >= 11 is 5.67. The molecule has 0 spiro atoms. The van der Waals surface area contributed by atoms with Gasteiger partial charge in [0.2, 0.25) is 0 Å². The fourth-order valence-corrected chi connectivity index (χ4v) is 2.19. The number of aliphatic hydroxyl groups is 1. The highest BCUT2D eigenvalue weighted by Crippen LogP contribution is 2.24. The third-order valence-electron chi connectivity index (χ3n) is 2.43. The zero-order chi connectivity index (χ0) is 12.3. The van der Waals surface area contributed by atoms with E-state index in [1.165, 1.54) is 6.07 Å². The van der Waals surface area contributed by atoms with Crippen LogP contribution in [0.25, 0.3) is 0 Å². The number of hydrogen-bond acceptors (Lipinski definition) is 1. The monoisotopic (exact) mass is 244 g/mol. The molecule has 0 saturated carbocycles. The summed E-state index contributed by atoms with van der Waals surface area (Å²) in [6, 6.07) is 4.56. The summed E-state index contributed by atoms with van der Waals surface area (Å²) in [5.74, 6) is 0.0295. The minimum absolute atomic E-state index is 0.314. The molecule has 0 aliphatic heterocycles. The molecule has 3 heteroatoms. The minimum Gasteiger partial charge on any atom is -0.390 e. The van der Waals surface area contributed by atoms with Gasteiger partial charge in [-0.05, 0) is 37.0 Å². The van der Waals surface area contributed by atoms with Crippen LogP contribution in [0.5, 0.6) is 0 Å². The smallest absolute Gasteiger partial charge is 0.127 e. The average Bonchev–Trinajstić information content (AvgIpc) is 2.07. The Morgan fingerprint density at radius 2 is 2.06 bits per heavy atom. The molecule has 0 amide bonds. The summed E-state index contributed by atoms with van der Waals surface area (Å²) in [7, 11) is 0. The van der Waals surface area contributed by atoms with Gasteiger partial charge in [0.15, 0.2) is 0 Å². The fraction of sp³-hybridized carbons (Fsp3) is 0.538. The maximum absolute atomic E-state index is 13.5. The van der Waals surface area contributed by atoms with Crippen LogP contribution in [0.4, 0.5) is 4.39 Å². The van der Waals surface area contributed by atoms with Crippen LogP contribution < -0.4 is 0 Å². The molecule has 1 atom stereocenters. The molecule has 0 fully saturated rings. The maximum Gasteiger partial charge on any atom is 0.127 e. The lowest BCUT2D eigenvalue weighted by atomic mass is 9.88. The summed E-state index contributed by atoms with van der Waals surface area (Å²) in [5, 5.41) is 10.5. The van der Waals surface area contributed by atoms with Crippen LogP contribution >= 0.6 is 11.6 Å². The zero-order valence-corrected chi connectivity index (χ0v) is 10.7. The van der Waals surface area contributed by atoms with Crippen molar-refractivity contribution in [1.82, 2.24) is 0 Å². The Balaban J connectivity index is 2.79. The molecule has 16 heavy (non-hydrogen) atoms. The van der Waals surface area contributed by atoms with Crippen molar-refractivity contribution in [2.45, 2.75) is 39.2 Å². The molecule has 1 N–H and O–H groups in total. The maximum atomic E-state index is 13.5. The first-order valence-electron chi connectivity index (χ1n) is 5.46. The molecule has 0 heterocycles. The SMILES string of the molecule is CC(C)CC(C)(O)Cc1ccc(Cl)cc1F. The molecule has 0 bridgehead atoms. The number of hydrogen-bond donors (Lipinski definition) is 1. The van der Waals surface area contributed by atoms with Gasteiger partial charge >= 0.3 is 0 Å². The van der Waals surface area contributed by atoms with Crippen molar-refractivity contribution >= 4 is 11.6 Å². The van der Waals surface area contributed by atoms with Crippen LogP contribution in [-0.2, 0) is 6.42 Å². The predicted octanol–water partition coefficient (Wildman–Crippen LogP) is 3.82. The summed E-state index contributed by atoms with van der Waals surface area (Å²) < 4.78 is 13.5. The van der Waals surface area contributed by atoms with Crippen molar-refractivity contribution in [1.29, 1.82) is 0 Å². The molecule has 1 nitrogen and oxygen atoms in total. The van der Waals surface area contributed by atoms with Gasteiger partial charge in [0, 0.05) is 11.4 Å². The average molecular weight is 245 g/mol. The van der Waals surface area contributed by atoms with Gasteiger partial charge in [0.1, 0.15) is 5.82 Å². The Hall–Kier alpha value is -0.600. The van der Waals surface area contributed by atoms with Crippen LogP contribution in [0.1, 0.15) is 32.8 Å². The molecule has 0 aromatic heterocycles. The van der Waals surface area contributed by atoms with Gasteiger partial charge in [-0.2, -0.15) is 0 Å². The quantitative estimate of drug-likeness (QED) is 0.854. The molecule has 1 unspecified atom stereocenters. The third kappa shape index (κ3) is 4.11. The second-order valence-corrected chi connectivity index (χ2v) is 5.44. The highest BCUT2D eigenvalue weighted by atomic mass is 35.5. The second kappa shape index (κ2) is 5.15. The second-order valence-electron chi connectivity index (χ2n) is 5.01. The Labute approximate surface area is 101 Å². The van der Waals surface area contributed by atoms with Crippen molar-refractivity contribution in [3.05, 3.63) is 34.6 Å². The van der Waals surface area contributed by atoms with Crippen LogP contribution in [0.2, 0.25) is 5.02 Å². The van der Waals surface area contributed by atoms with Crippen LogP contribution in [0, 0.1) is 11.7 Å². The predicted molar refractivity (Wildman–Crippen MR) is 65.2 cm³/mol. The Kier molecular flexibility index (Phi) is 4.34. The van der Waals surface area contributed by atoms with Crippen LogP contribution in [0.15, 0.2) is 18.2 Å². The van der Waals surface area contributed by atoms with E-state index in [9.17, 15) is 9.50 Å². The van der Waals surface area contributed by atoms with Gasteiger partial charge in [-0.3, -0.25) is 0 Å². The Morgan fingerprint density at radius 1 is 1.44 bits per heavy atom. The van der Waals surface area contributed by atoms with E-state index in [-0.39, 0.29) is 5.82 Å². The third-order valence-corrected chi connectivity index (χ3v) is 2.67. The van der Waals surface area contributed by atoms with E-state index in [1.54, 1.807) is 19.1 Å². The standard InChI is InChI=1S/C13H18ClFO/c1-9(2)7-13(3,16)8-10-4-5-11(14)6-12(10)15/h4-6,9,16H,7-8H2,1-3H3. The van der Waals surface area contributed by atoms with Crippen molar-refractivity contribution in [3.8, 4) is 0 Å². The van der Waals surface area contributed by atoms with Gasteiger partial charge < -0.3 is 5.11 Å². The Bertz CT molecular complexity index is 361. The highest BCUT2D eigenvalue weighted by Gasteiger charge is 2.23. The molecule has 1 aromatic carbocycles. The van der Waals surface area contributed by atoms with E-state index in [0.717, 1.165) is 0 Å². The molecular weight excluding hydrogens is 227 g/mol. The highest BCUT2D eigenvalue weighted by molar-refractivity contribution is 6.30. The first kappa shape index (κ1) is 13.5. The first-order chi connectivity index (χ1) is 7.30. The summed E-state index contributed by atoms with van der Waals surface area (Å²) in [5.41, 5.74) is -0.363. The van der Waals surface area contributed by atoms with Gasteiger partial charge in [-0.1, -0.05) is 31.5 Å². The van der Waals surface area contributed by atoms with E-state index in [1.807, 2.05) is 13.8 Å². The van der Waals surface area contributed by atoms with Crippen molar-refractivity contribution in [3.63, 3.8) is 0 Å². The van der Waals surface area contributed by atoms with Crippen molar-refractivity contribution in [2.24, 2.45) is 5.92 Å². The molecule has 1 aromatic rings. The fourth-order valence-electron chi connectivity index (χ4n) is 2.03. The lowest BCUT2D eigenvalue weighted by molar-refractivity contribution is 0.0380. The molecule has 0 saturated heterocycles. The zero-order valence-electron chi connectivity index (χ0n) is 9.93. The van der Waals surface area contributed by atoms with E-state index in [4.69, 9.17) is 11.6 Å². The van der Waals surface area contributed by atoms with Crippen molar-refractivity contribution in [2.75, 3.05) is 0 Å². The number of benzene rings is 1. The topological polar surface area (TPSA) is 20.2 Å². The first-order valence-corrected chi connectivity index (χ1v) is 5.84. The molecule has 0 radical (unpaired) electrons. The van der Waals surface area contributed by atoms with E-state index in [2.05, 4.69) is 0 Å². The van der Waals surface area contributed by atoms with Crippen molar-refractivity contribution < 1.29 is 9.50 Å². The molecular formula is C13H18ClFO. The molecule has 0 aliphatic rings. The summed E-state index contributed by atoms with van der Waals surface area (Å²) in [6.07, 6.45) is 0.962. The normalized spacial score (nSPS) is 15.2. The largest absolute Gasteiger partial charge is 0.390 e. The lowest BCUT2D eigenvalue weighted by Crippen LogP contribution is -2.29. The van der Waals surface area contributed by atoms with Gasteiger partial charge in [0.25, 0.3) is 0 Å². The Morgan fingerprint density at radius 3 is 2.56 bits per heavy atom. The summed E-state index contributed by atoms with van der Waals surface area (Å²) in [6.45, 7) is 5.81. The van der Waals surface area contributed by atoms with E-state index >= 15 is 0 Å². The molecule has 1 rings (SSSR count). The lowest BCUT2D eigenvalue weighted by Gasteiger charge is -2.25. The van der Waals surface area contributed by atoms with Crippen LogP contribution in [-0.4, -0.2) is 10.7 Å². The van der Waals surface area contributed by atoms with E-state index in [0.29, 0.717) is 29.3 Å². The minimum atomic E-state index is -0.872. The van der Waals surface area contributed by atoms with Gasteiger partial charge in [0.05, 0.1) is 5.60 Å². The van der Waals surface area contributed by atoms with E-state index < -0.39 is 5.60 Å². The van der Waals surface area contributed by atoms with Crippen LogP contribution in [0.3, 0.4) is 0 Å². The molecule has 90 valence electrons. The van der Waals surface area contributed by atoms with Gasteiger partial charge in [-0.25, -0.2) is 4.39 Å². The van der Waals surface area contributed by atoms with Gasteiger partial charge in [-0.15, -0.1) is 0 Å². The number of rotatable bonds is 4. The number of halogens is 2.